The summed E-state index contributed by atoms with van der Waals surface area (Å²) in [6, 6.07) is 11.8. The maximum absolute atomic E-state index is 13.3. The topological polar surface area (TPSA) is 97.2 Å². The molecule has 0 radical (unpaired) electrons. The number of sulfonamides is 1. The average Bonchev–Trinajstić information content (AvgIpc) is 3.17. The molecule has 0 aliphatic carbocycles. The van der Waals surface area contributed by atoms with E-state index in [-0.39, 0.29) is 24.3 Å². The first-order chi connectivity index (χ1) is 15.8. The van der Waals surface area contributed by atoms with Crippen molar-refractivity contribution >= 4 is 15.9 Å². The molecular formula is C23H26FN5O3S. The van der Waals surface area contributed by atoms with Gasteiger partial charge in [0.2, 0.25) is 15.9 Å². The second kappa shape index (κ2) is 9.80. The molecule has 1 N–H and O–H groups in total. The lowest BCUT2D eigenvalue weighted by Gasteiger charge is -2.32. The third kappa shape index (κ3) is 6.23. The van der Waals surface area contributed by atoms with Crippen LogP contribution in [0.3, 0.4) is 0 Å². The molecule has 33 heavy (non-hydrogen) atoms. The summed E-state index contributed by atoms with van der Waals surface area (Å²) in [4.78, 5) is 18.8. The molecule has 8 nitrogen and oxygen atoms in total. The van der Waals surface area contributed by atoms with E-state index in [4.69, 9.17) is 0 Å². The van der Waals surface area contributed by atoms with E-state index in [1.165, 1.54) is 12.1 Å². The van der Waals surface area contributed by atoms with Crippen molar-refractivity contribution in [1.82, 2.24) is 24.4 Å². The molecule has 3 heterocycles. The summed E-state index contributed by atoms with van der Waals surface area (Å²) in [5.74, 6) is -0.369. The quantitative estimate of drug-likeness (QED) is 0.570. The van der Waals surface area contributed by atoms with Gasteiger partial charge in [-0.15, -0.1) is 0 Å². The fraction of sp³-hybridized carbons (Fsp3) is 0.348. The zero-order valence-electron chi connectivity index (χ0n) is 18.3. The Morgan fingerprint density at radius 2 is 1.79 bits per heavy atom. The van der Waals surface area contributed by atoms with E-state index in [0.717, 1.165) is 28.8 Å². The minimum Gasteiger partial charge on any atom is -0.341 e. The van der Waals surface area contributed by atoms with Crippen LogP contribution in [0, 0.1) is 5.82 Å². The molecule has 0 atom stereocenters. The predicted molar refractivity (Wildman–Crippen MR) is 122 cm³/mol. The van der Waals surface area contributed by atoms with Crippen LogP contribution in [0.1, 0.15) is 24.1 Å². The molecule has 1 saturated heterocycles. The first-order valence-electron chi connectivity index (χ1n) is 10.7. The van der Waals surface area contributed by atoms with Crippen molar-refractivity contribution in [3.63, 3.8) is 0 Å². The van der Waals surface area contributed by atoms with Crippen LogP contribution in [0.4, 0.5) is 4.39 Å². The normalized spacial score (nSPS) is 15.0. The number of aromatic nitrogens is 3. The lowest BCUT2D eigenvalue weighted by Crippen LogP contribution is -2.47. The summed E-state index contributed by atoms with van der Waals surface area (Å²) >= 11 is 0. The molecule has 2 aromatic heterocycles. The molecule has 1 amide bonds. The minimum absolute atomic E-state index is 0.0717. The highest BCUT2D eigenvalue weighted by atomic mass is 32.2. The fourth-order valence-corrected chi connectivity index (χ4v) is 4.83. The Labute approximate surface area is 192 Å². The van der Waals surface area contributed by atoms with Crippen molar-refractivity contribution in [3.05, 3.63) is 71.9 Å². The van der Waals surface area contributed by atoms with Crippen LogP contribution in [0.2, 0.25) is 0 Å². The van der Waals surface area contributed by atoms with Gasteiger partial charge in [-0.05, 0) is 48.7 Å². The van der Waals surface area contributed by atoms with Gasteiger partial charge in [-0.2, -0.15) is 5.10 Å². The van der Waals surface area contributed by atoms with Crippen molar-refractivity contribution in [2.45, 2.75) is 31.8 Å². The van der Waals surface area contributed by atoms with E-state index in [1.54, 1.807) is 34.1 Å². The van der Waals surface area contributed by atoms with Gasteiger partial charge < -0.3 is 4.90 Å². The highest BCUT2D eigenvalue weighted by Crippen LogP contribution is 2.21. The lowest BCUT2D eigenvalue weighted by atomic mass is 10.1. The molecule has 0 unspecified atom stereocenters. The van der Waals surface area contributed by atoms with Gasteiger partial charge in [0, 0.05) is 49.2 Å². The van der Waals surface area contributed by atoms with Crippen LogP contribution in [0.25, 0.3) is 11.3 Å². The Balaban J connectivity index is 1.50. The van der Waals surface area contributed by atoms with Gasteiger partial charge in [0.05, 0.1) is 11.9 Å². The van der Waals surface area contributed by atoms with Gasteiger partial charge >= 0.3 is 0 Å². The molecular weight excluding hydrogens is 445 g/mol. The molecule has 1 aliphatic heterocycles. The summed E-state index contributed by atoms with van der Waals surface area (Å²) in [6.07, 6.45) is 6.17. The number of pyridine rings is 1. The van der Waals surface area contributed by atoms with Crippen LogP contribution in [0.15, 0.2) is 54.9 Å². The number of carbonyl (C=O) groups excluding carboxylic acids is 1. The first kappa shape index (κ1) is 23.1. The zero-order valence-corrected chi connectivity index (χ0v) is 19.1. The summed E-state index contributed by atoms with van der Waals surface area (Å²) in [5.41, 5.74) is 3.39. The molecule has 1 fully saturated rings. The van der Waals surface area contributed by atoms with E-state index >= 15 is 0 Å². The van der Waals surface area contributed by atoms with Crippen LogP contribution in [-0.2, 0) is 27.8 Å². The Morgan fingerprint density at radius 3 is 2.42 bits per heavy atom. The molecule has 0 spiro atoms. The van der Waals surface area contributed by atoms with Crippen molar-refractivity contribution in [2.75, 3.05) is 19.3 Å². The zero-order chi connectivity index (χ0) is 23.4. The number of hydrogen-bond acceptors (Lipinski definition) is 5. The van der Waals surface area contributed by atoms with Gasteiger partial charge in [-0.1, -0.05) is 12.1 Å². The number of amides is 1. The van der Waals surface area contributed by atoms with E-state index in [9.17, 15) is 17.6 Å². The Hall–Kier alpha value is -3.11. The molecule has 0 saturated carbocycles. The largest absolute Gasteiger partial charge is 0.341 e. The van der Waals surface area contributed by atoms with Gasteiger partial charge in [-0.25, -0.2) is 17.5 Å². The van der Waals surface area contributed by atoms with Crippen LogP contribution in [-0.4, -0.2) is 59.4 Å². The Kier molecular flexibility index (Phi) is 6.85. The van der Waals surface area contributed by atoms with Crippen LogP contribution in [0.5, 0.6) is 0 Å². The molecule has 174 valence electrons. The summed E-state index contributed by atoms with van der Waals surface area (Å²) in [5, 5.41) is 4.67. The number of hydrogen-bond donors (Lipinski definition) is 1. The fourth-order valence-electron chi connectivity index (χ4n) is 3.99. The summed E-state index contributed by atoms with van der Waals surface area (Å²) < 4.78 is 40.5. The standard InChI is InChI=1S/C23H26FN5O3S/c1-33(31,32)27-20-8-12-28(13-9-20)23(30)16-29-21(14-17-2-4-19(24)5-3-17)15-22(26-29)18-6-10-25-11-7-18/h2-7,10-11,15,20,27H,8-9,12-14,16H2,1H3. The second-order valence-corrected chi connectivity index (χ2v) is 10.0. The third-order valence-corrected chi connectivity index (χ3v) is 6.41. The molecule has 3 aromatic rings. The van der Waals surface area contributed by atoms with Crippen molar-refractivity contribution in [3.8, 4) is 11.3 Å². The SMILES string of the molecule is CS(=O)(=O)NC1CCN(C(=O)Cn2nc(-c3ccncc3)cc2Cc2ccc(F)cc2)CC1. The lowest BCUT2D eigenvalue weighted by molar-refractivity contribution is -0.133. The molecule has 1 aromatic carbocycles. The highest BCUT2D eigenvalue weighted by molar-refractivity contribution is 7.88. The van der Waals surface area contributed by atoms with Crippen molar-refractivity contribution < 1.29 is 17.6 Å². The first-order valence-corrected chi connectivity index (χ1v) is 12.6. The smallest absolute Gasteiger partial charge is 0.244 e. The maximum Gasteiger partial charge on any atom is 0.244 e. The average molecular weight is 472 g/mol. The monoisotopic (exact) mass is 471 g/mol. The molecule has 10 heteroatoms. The summed E-state index contributed by atoms with van der Waals surface area (Å²) in [6.45, 7) is 1.04. The predicted octanol–water partition coefficient (Wildman–Crippen LogP) is 2.22. The second-order valence-electron chi connectivity index (χ2n) is 8.26. The van der Waals surface area contributed by atoms with E-state index in [2.05, 4.69) is 14.8 Å². The molecule has 0 bridgehead atoms. The highest BCUT2D eigenvalue weighted by Gasteiger charge is 2.25. The van der Waals surface area contributed by atoms with Gasteiger partial charge in [0.15, 0.2) is 0 Å². The number of benzene rings is 1. The number of likely N-dealkylation sites (tertiary alicyclic amines) is 1. The molecule has 1 aliphatic rings. The van der Waals surface area contributed by atoms with E-state index < -0.39 is 10.0 Å². The number of carbonyl (C=O) groups is 1. The van der Waals surface area contributed by atoms with Crippen molar-refractivity contribution in [1.29, 1.82) is 0 Å². The maximum atomic E-state index is 13.3. The van der Waals surface area contributed by atoms with Gasteiger partial charge in [0.25, 0.3) is 0 Å². The Morgan fingerprint density at radius 1 is 1.12 bits per heavy atom. The Bertz CT molecular complexity index is 1200. The van der Waals surface area contributed by atoms with Crippen LogP contribution < -0.4 is 4.72 Å². The van der Waals surface area contributed by atoms with Gasteiger partial charge in [-0.3, -0.25) is 14.5 Å². The number of piperidine rings is 1. The number of nitrogens with zero attached hydrogens (tertiary/aromatic N) is 4. The number of nitrogens with one attached hydrogen (secondary N) is 1. The van der Waals surface area contributed by atoms with E-state index in [1.807, 2.05) is 18.2 Å². The third-order valence-electron chi connectivity index (χ3n) is 5.65. The summed E-state index contributed by atoms with van der Waals surface area (Å²) in [7, 11) is -3.27. The number of halogens is 1. The minimum atomic E-state index is -3.27. The number of rotatable bonds is 7. The molecule has 4 rings (SSSR count). The van der Waals surface area contributed by atoms with E-state index in [0.29, 0.717) is 32.4 Å². The van der Waals surface area contributed by atoms with Crippen molar-refractivity contribution in [2.24, 2.45) is 0 Å². The van der Waals surface area contributed by atoms with Gasteiger partial charge in [0.1, 0.15) is 12.4 Å². The van der Waals surface area contributed by atoms with Crippen LogP contribution >= 0.6 is 0 Å².